The van der Waals surface area contributed by atoms with Gasteiger partial charge in [0.2, 0.25) is 0 Å². The minimum Gasteiger partial charge on any atom is -0.325 e. The highest BCUT2D eigenvalue weighted by molar-refractivity contribution is 6.33. The molecule has 0 saturated carbocycles. The van der Waals surface area contributed by atoms with Gasteiger partial charge in [-0.1, -0.05) is 29.8 Å². The van der Waals surface area contributed by atoms with Crippen molar-refractivity contribution in [3.8, 4) is 11.1 Å². The Morgan fingerprint density at radius 1 is 1.28 bits per heavy atom. The van der Waals surface area contributed by atoms with E-state index in [0.717, 1.165) is 34.8 Å². The van der Waals surface area contributed by atoms with Crippen LogP contribution in [0.5, 0.6) is 0 Å². The molecule has 3 nitrogen and oxygen atoms in total. The number of nitrogens with zero attached hydrogens (tertiary/aromatic N) is 2. The number of rotatable bonds is 2. The van der Waals surface area contributed by atoms with Gasteiger partial charge in [-0.15, -0.1) is 0 Å². The number of aromatic nitrogens is 2. The summed E-state index contributed by atoms with van der Waals surface area (Å²) in [6.45, 7) is 1.45. The predicted octanol–water partition coefficient (Wildman–Crippen LogP) is 3.00. The normalized spacial score (nSPS) is 14.6. The van der Waals surface area contributed by atoms with Crippen molar-refractivity contribution in [1.82, 2.24) is 9.78 Å². The van der Waals surface area contributed by atoms with Gasteiger partial charge >= 0.3 is 0 Å². The second-order valence-corrected chi connectivity index (χ2v) is 5.04. The van der Waals surface area contributed by atoms with Crippen LogP contribution in [0, 0.1) is 0 Å². The second-order valence-electron chi connectivity index (χ2n) is 4.63. The Hall–Kier alpha value is -1.32. The van der Waals surface area contributed by atoms with Crippen molar-refractivity contribution in [1.29, 1.82) is 0 Å². The first kappa shape index (κ1) is 11.8. The quantitative estimate of drug-likeness (QED) is 0.903. The molecule has 1 aliphatic heterocycles. The van der Waals surface area contributed by atoms with Gasteiger partial charge < -0.3 is 5.73 Å². The highest BCUT2D eigenvalue weighted by Crippen LogP contribution is 2.35. The van der Waals surface area contributed by atoms with Crippen LogP contribution < -0.4 is 5.73 Å². The number of nitrogens with two attached hydrogens (primary N) is 1. The molecule has 0 bridgehead atoms. The van der Waals surface area contributed by atoms with Crippen molar-refractivity contribution in [2.45, 2.75) is 32.4 Å². The fourth-order valence-electron chi connectivity index (χ4n) is 2.66. The van der Waals surface area contributed by atoms with Crippen LogP contribution in [0.1, 0.15) is 24.2 Å². The maximum absolute atomic E-state index is 6.31. The van der Waals surface area contributed by atoms with E-state index in [2.05, 4.69) is 9.78 Å². The fourth-order valence-corrected chi connectivity index (χ4v) is 2.89. The Kier molecular flexibility index (Phi) is 3.10. The SMILES string of the molecule is NCc1nn2c(c1-c1ccccc1Cl)CCCC2. The Labute approximate surface area is 112 Å². The molecule has 1 aromatic heterocycles. The molecular weight excluding hydrogens is 246 g/mol. The lowest BCUT2D eigenvalue weighted by Gasteiger charge is -2.15. The summed E-state index contributed by atoms with van der Waals surface area (Å²) in [6.07, 6.45) is 3.47. The lowest BCUT2D eigenvalue weighted by molar-refractivity contribution is 0.484. The molecule has 0 aliphatic carbocycles. The first-order valence-electron chi connectivity index (χ1n) is 6.35. The third kappa shape index (κ3) is 1.84. The van der Waals surface area contributed by atoms with Crippen LogP contribution in [-0.2, 0) is 19.5 Å². The Balaban J connectivity index is 2.21. The van der Waals surface area contributed by atoms with E-state index in [1.165, 1.54) is 18.5 Å². The van der Waals surface area contributed by atoms with Gasteiger partial charge in [-0.3, -0.25) is 4.68 Å². The molecule has 0 atom stereocenters. The van der Waals surface area contributed by atoms with Gasteiger partial charge in [0, 0.05) is 34.9 Å². The Bertz CT molecular complexity index is 574. The van der Waals surface area contributed by atoms with E-state index in [0.29, 0.717) is 6.54 Å². The molecule has 2 heterocycles. The fraction of sp³-hybridized carbons (Fsp3) is 0.357. The van der Waals surface area contributed by atoms with Crippen molar-refractivity contribution in [3.05, 3.63) is 40.7 Å². The van der Waals surface area contributed by atoms with Crippen molar-refractivity contribution in [2.75, 3.05) is 0 Å². The number of fused-ring (bicyclic) bond motifs is 1. The van der Waals surface area contributed by atoms with Crippen LogP contribution in [0.3, 0.4) is 0 Å². The van der Waals surface area contributed by atoms with Gasteiger partial charge in [-0.2, -0.15) is 5.10 Å². The largest absolute Gasteiger partial charge is 0.325 e. The van der Waals surface area contributed by atoms with Crippen LogP contribution in [0.2, 0.25) is 5.02 Å². The predicted molar refractivity (Wildman–Crippen MR) is 73.5 cm³/mol. The van der Waals surface area contributed by atoms with Crippen molar-refractivity contribution >= 4 is 11.6 Å². The van der Waals surface area contributed by atoms with E-state index in [1.54, 1.807) is 0 Å². The Morgan fingerprint density at radius 2 is 2.11 bits per heavy atom. The van der Waals surface area contributed by atoms with Crippen LogP contribution >= 0.6 is 11.6 Å². The van der Waals surface area contributed by atoms with Gasteiger partial charge in [0.1, 0.15) is 0 Å². The van der Waals surface area contributed by atoms with E-state index in [9.17, 15) is 0 Å². The maximum atomic E-state index is 6.31. The molecule has 0 unspecified atom stereocenters. The van der Waals surface area contributed by atoms with E-state index >= 15 is 0 Å². The molecule has 0 spiro atoms. The molecule has 94 valence electrons. The van der Waals surface area contributed by atoms with E-state index in [4.69, 9.17) is 17.3 Å². The monoisotopic (exact) mass is 261 g/mol. The molecule has 0 fully saturated rings. The second kappa shape index (κ2) is 4.75. The average molecular weight is 262 g/mol. The average Bonchev–Trinajstić information content (AvgIpc) is 2.78. The topological polar surface area (TPSA) is 43.8 Å². The summed E-state index contributed by atoms with van der Waals surface area (Å²) >= 11 is 6.31. The van der Waals surface area contributed by atoms with Crippen molar-refractivity contribution in [2.24, 2.45) is 5.73 Å². The number of hydrogen-bond donors (Lipinski definition) is 1. The van der Waals surface area contributed by atoms with E-state index < -0.39 is 0 Å². The minimum atomic E-state index is 0.459. The van der Waals surface area contributed by atoms with Gasteiger partial charge in [-0.25, -0.2) is 0 Å². The number of benzene rings is 1. The zero-order chi connectivity index (χ0) is 12.5. The standard InChI is InChI=1S/C14H16ClN3/c15-11-6-2-1-5-10(11)14-12(9-16)17-18-8-4-3-7-13(14)18/h1-2,5-6H,3-4,7-9,16H2. The lowest BCUT2D eigenvalue weighted by Crippen LogP contribution is -2.11. The molecular formula is C14H16ClN3. The molecule has 4 heteroatoms. The molecule has 3 rings (SSSR count). The van der Waals surface area contributed by atoms with Crippen molar-refractivity contribution in [3.63, 3.8) is 0 Å². The molecule has 1 aromatic carbocycles. The van der Waals surface area contributed by atoms with Crippen LogP contribution in [-0.4, -0.2) is 9.78 Å². The van der Waals surface area contributed by atoms with Crippen molar-refractivity contribution < 1.29 is 0 Å². The molecule has 2 N–H and O–H groups in total. The molecule has 2 aromatic rings. The van der Waals surface area contributed by atoms with Gasteiger partial charge in [0.15, 0.2) is 0 Å². The maximum Gasteiger partial charge on any atom is 0.0842 e. The summed E-state index contributed by atoms with van der Waals surface area (Å²) in [7, 11) is 0. The number of aryl methyl sites for hydroxylation is 1. The lowest BCUT2D eigenvalue weighted by atomic mass is 9.98. The molecule has 18 heavy (non-hydrogen) atoms. The van der Waals surface area contributed by atoms with E-state index in [1.807, 2.05) is 24.3 Å². The summed E-state index contributed by atoms with van der Waals surface area (Å²) in [5.74, 6) is 0. The smallest absolute Gasteiger partial charge is 0.0842 e. The summed E-state index contributed by atoms with van der Waals surface area (Å²) in [5, 5.41) is 5.39. The first-order valence-corrected chi connectivity index (χ1v) is 6.72. The number of hydrogen-bond acceptors (Lipinski definition) is 2. The summed E-state index contributed by atoms with van der Waals surface area (Å²) in [6, 6.07) is 7.93. The Morgan fingerprint density at radius 3 is 2.89 bits per heavy atom. The zero-order valence-corrected chi connectivity index (χ0v) is 11.0. The summed E-state index contributed by atoms with van der Waals surface area (Å²) in [5.41, 5.74) is 10.3. The molecule has 0 saturated heterocycles. The van der Waals surface area contributed by atoms with Gasteiger partial charge in [0.25, 0.3) is 0 Å². The zero-order valence-electron chi connectivity index (χ0n) is 10.2. The van der Waals surface area contributed by atoms with Gasteiger partial charge in [0.05, 0.1) is 5.69 Å². The highest BCUT2D eigenvalue weighted by Gasteiger charge is 2.21. The third-order valence-electron chi connectivity index (χ3n) is 3.50. The number of halogens is 1. The third-order valence-corrected chi connectivity index (χ3v) is 3.83. The summed E-state index contributed by atoms with van der Waals surface area (Å²) in [4.78, 5) is 0. The van der Waals surface area contributed by atoms with Crippen LogP contribution in [0.4, 0.5) is 0 Å². The molecule has 0 amide bonds. The van der Waals surface area contributed by atoms with E-state index in [-0.39, 0.29) is 0 Å². The molecule has 0 radical (unpaired) electrons. The summed E-state index contributed by atoms with van der Waals surface area (Å²) < 4.78 is 2.10. The van der Waals surface area contributed by atoms with Crippen LogP contribution in [0.25, 0.3) is 11.1 Å². The highest BCUT2D eigenvalue weighted by atomic mass is 35.5. The minimum absolute atomic E-state index is 0.459. The first-order chi connectivity index (χ1) is 8.81. The van der Waals surface area contributed by atoms with Gasteiger partial charge in [-0.05, 0) is 25.3 Å². The van der Waals surface area contributed by atoms with Crippen LogP contribution in [0.15, 0.2) is 24.3 Å². The molecule has 1 aliphatic rings.